The molecule has 3 aliphatic rings. The Balaban J connectivity index is 1.73. The summed E-state index contributed by atoms with van der Waals surface area (Å²) < 4.78 is 24.4. The minimum atomic E-state index is -0.917. The van der Waals surface area contributed by atoms with Crippen LogP contribution in [0.1, 0.15) is 36.8 Å². The fourth-order valence-corrected chi connectivity index (χ4v) is 4.28. The highest BCUT2D eigenvalue weighted by Gasteiger charge is 2.49. The molecule has 4 heteroatoms. The molecule has 27 heavy (non-hydrogen) atoms. The molecule has 4 nitrogen and oxygen atoms in total. The third-order valence-electron chi connectivity index (χ3n) is 5.60. The number of ether oxygens (including phenoxy) is 4. The van der Waals surface area contributed by atoms with Crippen molar-refractivity contribution in [3.8, 4) is 23.0 Å². The zero-order valence-electron chi connectivity index (χ0n) is 15.6. The Bertz CT molecular complexity index is 891. The number of hydrogen-bond donors (Lipinski definition) is 0. The van der Waals surface area contributed by atoms with Crippen molar-refractivity contribution in [2.75, 3.05) is 14.2 Å². The average molecular weight is 362 g/mol. The quantitative estimate of drug-likeness (QED) is 0.733. The number of rotatable bonds is 2. The van der Waals surface area contributed by atoms with E-state index in [0.29, 0.717) is 0 Å². The Morgan fingerprint density at radius 3 is 1.67 bits per heavy atom. The summed E-state index contributed by atoms with van der Waals surface area (Å²) in [5, 5.41) is 0. The maximum atomic E-state index is 6.65. The molecule has 1 aliphatic carbocycles. The van der Waals surface area contributed by atoms with E-state index in [0.717, 1.165) is 71.0 Å². The Hall–Kier alpha value is -2.88. The van der Waals surface area contributed by atoms with Gasteiger partial charge in [-0.1, -0.05) is 24.3 Å². The number of fused-ring (bicyclic) bond motifs is 2. The molecule has 1 spiro atoms. The highest BCUT2D eigenvalue weighted by molar-refractivity contribution is 5.75. The summed E-state index contributed by atoms with van der Waals surface area (Å²) in [4.78, 5) is 0. The number of hydrogen-bond acceptors (Lipinski definition) is 4. The number of benzene rings is 2. The Labute approximate surface area is 159 Å². The molecule has 0 N–H and O–H groups in total. The van der Waals surface area contributed by atoms with Crippen LogP contribution in [0.3, 0.4) is 0 Å². The molecular formula is C23H22O4. The van der Waals surface area contributed by atoms with Gasteiger partial charge in [-0.05, 0) is 50.0 Å². The molecule has 0 atom stereocenters. The van der Waals surface area contributed by atoms with Crippen molar-refractivity contribution in [2.24, 2.45) is 0 Å². The van der Waals surface area contributed by atoms with E-state index < -0.39 is 5.79 Å². The van der Waals surface area contributed by atoms with Crippen molar-refractivity contribution < 1.29 is 18.9 Å². The van der Waals surface area contributed by atoms with Crippen LogP contribution in [0.15, 0.2) is 47.5 Å². The summed E-state index contributed by atoms with van der Waals surface area (Å²) >= 11 is 0. The van der Waals surface area contributed by atoms with Gasteiger partial charge < -0.3 is 18.9 Å². The first-order chi connectivity index (χ1) is 13.2. The van der Waals surface area contributed by atoms with E-state index >= 15 is 0 Å². The van der Waals surface area contributed by atoms with E-state index in [4.69, 9.17) is 18.9 Å². The molecule has 0 aromatic heterocycles. The van der Waals surface area contributed by atoms with Crippen LogP contribution >= 0.6 is 0 Å². The molecule has 138 valence electrons. The van der Waals surface area contributed by atoms with Gasteiger partial charge >= 0.3 is 0 Å². The monoisotopic (exact) mass is 362 g/mol. The second-order valence-electron chi connectivity index (χ2n) is 7.12. The molecule has 0 saturated heterocycles. The van der Waals surface area contributed by atoms with Crippen LogP contribution in [-0.4, -0.2) is 20.0 Å². The van der Waals surface area contributed by atoms with E-state index in [-0.39, 0.29) is 0 Å². The van der Waals surface area contributed by atoms with Crippen molar-refractivity contribution in [3.63, 3.8) is 0 Å². The average Bonchev–Trinajstić information content (AvgIpc) is 2.88. The van der Waals surface area contributed by atoms with Gasteiger partial charge in [0, 0.05) is 22.3 Å². The zero-order valence-corrected chi connectivity index (χ0v) is 15.6. The molecule has 0 radical (unpaired) electrons. The lowest BCUT2D eigenvalue weighted by atomic mass is 9.88. The van der Waals surface area contributed by atoms with Gasteiger partial charge in [0.25, 0.3) is 5.79 Å². The first kappa shape index (κ1) is 16.3. The fraction of sp³-hybridized carbons (Fsp3) is 0.304. The van der Waals surface area contributed by atoms with Crippen molar-refractivity contribution >= 4 is 12.2 Å². The smallest absolute Gasteiger partial charge is 0.298 e. The summed E-state index contributed by atoms with van der Waals surface area (Å²) in [6.45, 7) is 0. The van der Waals surface area contributed by atoms with Gasteiger partial charge in [-0.3, -0.25) is 0 Å². The Morgan fingerprint density at radius 1 is 0.741 bits per heavy atom. The van der Waals surface area contributed by atoms with Crippen LogP contribution in [0, 0.1) is 0 Å². The maximum Gasteiger partial charge on any atom is 0.298 e. The van der Waals surface area contributed by atoms with Gasteiger partial charge in [0.2, 0.25) is 0 Å². The van der Waals surface area contributed by atoms with Crippen molar-refractivity contribution in [2.45, 2.75) is 31.5 Å². The van der Waals surface area contributed by atoms with Gasteiger partial charge in [0.05, 0.1) is 14.2 Å². The Morgan fingerprint density at radius 2 is 1.22 bits per heavy atom. The van der Waals surface area contributed by atoms with E-state index in [1.165, 1.54) is 0 Å². The second-order valence-corrected chi connectivity index (χ2v) is 7.12. The first-order valence-electron chi connectivity index (χ1n) is 9.39. The lowest BCUT2D eigenvalue weighted by molar-refractivity contribution is -0.0569. The highest BCUT2D eigenvalue weighted by Crippen LogP contribution is 2.53. The first-order valence-corrected chi connectivity index (χ1v) is 9.39. The third kappa shape index (κ3) is 2.36. The number of para-hydroxylation sites is 2. The van der Waals surface area contributed by atoms with Gasteiger partial charge in [-0.2, -0.15) is 0 Å². The highest BCUT2D eigenvalue weighted by atomic mass is 16.7. The van der Waals surface area contributed by atoms with Crippen LogP contribution in [0.25, 0.3) is 12.2 Å². The maximum absolute atomic E-state index is 6.65. The molecule has 0 bridgehead atoms. The molecule has 5 rings (SSSR count). The normalized spacial score (nSPS) is 18.7. The summed E-state index contributed by atoms with van der Waals surface area (Å²) in [7, 11) is 3.33. The molecule has 1 fully saturated rings. The standard InChI is InChI=1S/C23H22O4/c1-24-19-11-5-7-15-13-17-9-3-4-10-18-14-16-8-6-12-20(25-2)22(16)27-23(17,18)26-21(15)19/h5-8,11-14H,3-4,9-10H2,1-2H3. The van der Waals surface area contributed by atoms with Gasteiger partial charge in [-0.15, -0.1) is 0 Å². The van der Waals surface area contributed by atoms with Gasteiger partial charge in [0.15, 0.2) is 23.0 Å². The van der Waals surface area contributed by atoms with Crippen molar-refractivity contribution in [1.29, 1.82) is 0 Å². The summed E-state index contributed by atoms with van der Waals surface area (Å²) in [5.41, 5.74) is 4.38. The molecule has 1 saturated carbocycles. The molecule has 2 aromatic rings. The number of methoxy groups -OCH3 is 2. The van der Waals surface area contributed by atoms with Crippen molar-refractivity contribution in [3.05, 3.63) is 58.7 Å². The van der Waals surface area contributed by atoms with Crippen LogP contribution < -0.4 is 18.9 Å². The molecule has 0 unspecified atom stereocenters. The van der Waals surface area contributed by atoms with E-state index in [9.17, 15) is 0 Å². The summed E-state index contributed by atoms with van der Waals surface area (Å²) in [6, 6.07) is 11.9. The van der Waals surface area contributed by atoms with Gasteiger partial charge in [-0.25, -0.2) is 0 Å². The van der Waals surface area contributed by atoms with E-state index in [2.05, 4.69) is 24.3 Å². The molecular weight excluding hydrogens is 340 g/mol. The van der Waals surface area contributed by atoms with Crippen LogP contribution in [-0.2, 0) is 0 Å². The lowest BCUT2D eigenvalue weighted by Crippen LogP contribution is -2.48. The SMILES string of the molecule is COc1cccc2c1OC13Oc4c(cccc4OC)C=C1CCCCC3=C2. The van der Waals surface area contributed by atoms with Crippen LogP contribution in [0.5, 0.6) is 23.0 Å². The molecule has 2 aromatic carbocycles. The van der Waals surface area contributed by atoms with Gasteiger partial charge in [0.1, 0.15) is 0 Å². The minimum Gasteiger partial charge on any atom is -0.493 e. The van der Waals surface area contributed by atoms with Crippen LogP contribution in [0.4, 0.5) is 0 Å². The third-order valence-corrected chi connectivity index (χ3v) is 5.60. The summed E-state index contributed by atoms with van der Waals surface area (Å²) in [5.74, 6) is 1.98. The van der Waals surface area contributed by atoms with E-state index in [1.54, 1.807) is 14.2 Å². The van der Waals surface area contributed by atoms with E-state index in [1.807, 2.05) is 24.3 Å². The predicted octanol–water partition coefficient (Wildman–Crippen LogP) is 5.23. The molecule has 2 aliphatic heterocycles. The summed E-state index contributed by atoms with van der Waals surface area (Å²) in [6.07, 6.45) is 8.54. The largest absolute Gasteiger partial charge is 0.493 e. The zero-order chi connectivity index (χ0) is 18.4. The molecule has 2 heterocycles. The second kappa shape index (κ2) is 6.08. The topological polar surface area (TPSA) is 36.9 Å². The molecule has 0 amide bonds. The van der Waals surface area contributed by atoms with Crippen LogP contribution in [0.2, 0.25) is 0 Å². The lowest BCUT2D eigenvalue weighted by Gasteiger charge is -2.43. The Kier molecular flexibility index (Phi) is 3.67. The van der Waals surface area contributed by atoms with Crippen molar-refractivity contribution in [1.82, 2.24) is 0 Å². The fourth-order valence-electron chi connectivity index (χ4n) is 4.28. The minimum absolute atomic E-state index is 0.718. The predicted molar refractivity (Wildman–Crippen MR) is 104 cm³/mol.